The van der Waals surface area contributed by atoms with Gasteiger partial charge in [-0.1, -0.05) is 36.4 Å². The number of pyridine rings is 1. The van der Waals surface area contributed by atoms with Crippen molar-refractivity contribution >= 4 is 6.08 Å². The minimum Gasteiger partial charge on any atom is -0.497 e. The highest BCUT2D eigenvalue weighted by atomic mass is 16.5. The largest absolute Gasteiger partial charge is 0.497 e. The summed E-state index contributed by atoms with van der Waals surface area (Å²) in [4.78, 5) is 4.12. The molecular formula is C26H23N3O2. The predicted octanol–water partition coefficient (Wildman–Crippen LogP) is 5.04. The molecule has 2 aromatic heterocycles. The molecule has 31 heavy (non-hydrogen) atoms. The Morgan fingerprint density at radius 1 is 0.871 bits per heavy atom. The molecule has 0 bridgehead atoms. The summed E-state index contributed by atoms with van der Waals surface area (Å²) in [5, 5.41) is 7.93. The van der Waals surface area contributed by atoms with Gasteiger partial charge in [0, 0.05) is 41.1 Å². The summed E-state index contributed by atoms with van der Waals surface area (Å²) >= 11 is 0. The molecule has 1 aliphatic carbocycles. The fourth-order valence-corrected chi connectivity index (χ4v) is 4.36. The molecule has 0 spiro atoms. The number of fused-ring (bicyclic) bond motifs is 1. The highest BCUT2D eigenvalue weighted by Crippen LogP contribution is 2.44. The molecule has 1 N–H and O–H groups in total. The fourth-order valence-electron chi connectivity index (χ4n) is 4.36. The Morgan fingerprint density at radius 2 is 1.52 bits per heavy atom. The number of aromatic amines is 1. The van der Waals surface area contributed by atoms with Crippen LogP contribution in [0, 0.1) is 0 Å². The van der Waals surface area contributed by atoms with E-state index in [2.05, 4.69) is 51.6 Å². The van der Waals surface area contributed by atoms with Gasteiger partial charge in [0.2, 0.25) is 0 Å². The Balaban J connectivity index is 1.67. The van der Waals surface area contributed by atoms with Crippen molar-refractivity contribution < 1.29 is 9.47 Å². The van der Waals surface area contributed by atoms with Gasteiger partial charge in [-0.25, -0.2) is 0 Å². The SMILES string of the molecule is COc1cccc(C2(c3cccc(OC)c3)C=Cc3c(-c4ccncc4)n[nH]c3C2)c1. The van der Waals surface area contributed by atoms with Crippen molar-refractivity contribution in [2.24, 2.45) is 0 Å². The maximum Gasteiger partial charge on any atom is 0.119 e. The number of nitrogens with one attached hydrogen (secondary N) is 1. The first-order valence-electron chi connectivity index (χ1n) is 10.2. The topological polar surface area (TPSA) is 60.0 Å². The number of ether oxygens (including phenoxy) is 2. The number of benzene rings is 2. The number of rotatable bonds is 5. The standard InChI is InChI=1S/C26H23N3O2/c1-30-21-7-3-5-19(15-21)26(20-6-4-8-22(16-20)31-2)12-9-23-24(17-26)28-29-25(23)18-10-13-27-14-11-18/h3-16H,17H2,1-2H3,(H,28,29). The van der Waals surface area contributed by atoms with Crippen LogP contribution in [0.2, 0.25) is 0 Å². The molecule has 5 nitrogen and oxygen atoms in total. The molecule has 0 saturated heterocycles. The van der Waals surface area contributed by atoms with Crippen LogP contribution in [0.25, 0.3) is 17.3 Å². The molecule has 0 aliphatic heterocycles. The molecule has 2 heterocycles. The average Bonchev–Trinajstić information content (AvgIpc) is 3.27. The lowest BCUT2D eigenvalue weighted by Crippen LogP contribution is -2.30. The molecule has 4 aromatic rings. The van der Waals surface area contributed by atoms with Gasteiger partial charge in [-0.2, -0.15) is 5.10 Å². The Kier molecular flexibility index (Phi) is 4.79. The Labute approximate surface area is 181 Å². The summed E-state index contributed by atoms with van der Waals surface area (Å²) < 4.78 is 11.1. The molecule has 0 atom stereocenters. The van der Waals surface area contributed by atoms with Gasteiger partial charge < -0.3 is 9.47 Å². The highest BCUT2D eigenvalue weighted by molar-refractivity contribution is 5.76. The number of aromatic nitrogens is 3. The number of hydrogen-bond acceptors (Lipinski definition) is 4. The Bertz CT molecular complexity index is 1200. The molecule has 0 fully saturated rings. The summed E-state index contributed by atoms with van der Waals surface area (Å²) in [5.74, 6) is 1.67. The first kappa shape index (κ1) is 19.1. The van der Waals surface area contributed by atoms with Gasteiger partial charge in [0.15, 0.2) is 0 Å². The zero-order chi connectivity index (χ0) is 21.3. The molecule has 154 valence electrons. The third-order valence-corrected chi connectivity index (χ3v) is 6.00. The maximum atomic E-state index is 5.53. The van der Waals surface area contributed by atoms with Crippen LogP contribution in [0.3, 0.4) is 0 Å². The Hall–Kier alpha value is -3.86. The van der Waals surface area contributed by atoms with Crippen molar-refractivity contribution in [2.75, 3.05) is 14.2 Å². The smallest absolute Gasteiger partial charge is 0.119 e. The molecule has 5 heteroatoms. The molecular weight excluding hydrogens is 386 g/mol. The van der Waals surface area contributed by atoms with E-state index in [9.17, 15) is 0 Å². The molecule has 0 unspecified atom stereocenters. The number of hydrogen-bond donors (Lipinski definition) is 1. The van der Waals surface area contributed by atoms with Crippen LogP contribution in [0.15, 0.2) is 79.1 Å². The minimum atomic E-state index is -0.377. The van der Waals surface area contributed by atoms with Gasteiger partial charge in [0.05, 0.1) is 19.9 Å². The van der Waals surface area contributed by atoms with E-state index in [1.807, 2.05) is 36.4 Å². The van der Waals surface area contributed by atoms with Crippen molar-refractivity contribution in [3.63, 3.8) is 0 Å². The zero-order valence-corrected chi connectivity index (χ0v) is 17.5. The van der Waals surface area contributed by atoms with Crippen molar-refractivity contribution in [1.29, 1.82) is 0 Å². The lowest BCUT2D eigenvalue weighted by Gasteiger charge is -2.35. The van der Waals surface area contributed by atoms with E-state index in [1.54, 1.807) is 26.6 Å². The molecule has 2 aromatic carbocycles. The highest BCUT2D eigenvalue weighted by Gasteiger charge is 2.37. The van der Waals surface area contributed by atoms with Gasteiger partial charge in [0.25, 0.3) is 0 Å². The summed E-state index contributed by atoms with van der Waals surface area (Å²) in [6.45, 7) is 0. The quantitative estimate of drug-likeness (QED) is 0.501. The number of allylic oxidation sites excluding steroid dienone is 1. The summed E-state index contributed by atoms with van der Waals surface area (Å²) in [7, 11) is 3.39. The van der Waals surface area contributed by atoms with E-state index >= 15 is 0 Å². The molecule has 5 rings (SSSR count). The normalized spacial score (nSPS) is 14.1. The van der Waals surface area contributed by atoms with Crippen molar-refractivity contribution in [3.8, 4) is 22.8 Å². The second kappa shape index (κ2) is 7.76. The fraction of sp³-hybridized carbons (Fsp3) is 0.154. The third kappa shape index (κ3) is 3.28. The van der Waals surface area contributed by atoms with E-state index < -0.39 is 0 Å². The first-order valence-corrected chi connectivity index (χ1v) is 10.2. The average molecular weight is 409 g/mol. The molecule has 0 radical (unpaired) electrons. The van der Waals surface area contributed by atoms with Crippen LogP contribution in [0.4, 0.5) is 0 Å². The predicted molar refractivity (Wildman–Crippen MR) is 121 cm³/mol. The van der Waals surface area contributed by atoms with Crippen molar-refractivity contribution in [3.05, 3.63) is 102 Å². The summed E-state index contributed by atoms with van der Waals surface area (Å²) in [6, 6.07) is 20.5. The minimum absolute atomic E-state index is 0.377. The van der Waals surface area contributed by atoms with Crippen LogP contribution in [0.1, 0.15) is 22.4 Å². The van der Waals surface area contributed by atoms with Crippen LogP contribution >= 0.6 is 0 Å². The van der Waals surface area contributed by atoms with Gasteiger partial charge in [0.1, 0.15) is 11.5 Å². The Morgan fingerprint density at radius 3 is 2.13 bits per heavy atom. The van der Waals surface area contributed by atoms with Crippen molar-refractivity contribution in [1.82, 2.24) is 15.2 Å². The van der Waals surface area contributed by atoms with Crippen LogP contribution in [-0.2, 0) is 11.8 Å². The lowest BCUT2D eigenvalue weighted by atomic mass is 9.68. The second-order valence-electron chi connectivity index (χ2n) is 7.65. The number of methoxy groups -OCH3 is 2. The maximum absolute atomic E-state index is 5.53. The van der Waals surface area contributed by atoms with Crippen LogP contribution in [0.5, 0.6) is 11.5 Å². The molecule has 0 saturated carbocycles. The van der Waals surface area contributed by atoms with Crippen molar-refractivity contribution in [2.45, 2.75) is 11.8 Å². The van der Waals surface area contributed by atoms with Gasteiger partial charge in [-0.15, -0.1) is 0 Å². The second-order valence-corrected chi connectivity index (χ2v) is 7.65. The van der Waals surface area contributed by atoms with E-state index in [1.165, 1.54) is 0 Å². The van der Waals surface area contributed by atoms with Gasteiger partial charge in [-0.05, 0) is 47.5 Å². The monoisotopic (exact) mass is 409 g/mol. The number of H-pyrrole nitrogens is 1. The molecule has 0 amide bonds. The van der Waals surface area contributed by atoms with E-state index in [-0.39, 0.29) is 5.41 Å². The zero-order valence-electron chi connectivity index (χ0n) is 17.5. The molecule has 1 aliphatic rings. The van der Waals surface area contributed by atoms with E-state index in [0.717, 1.165) is 51.6 Å². The first-order chi connectivity index (χ1) is 15.2. The van der Waals surface area contributed by atoms with Crippen LogP contribution < -0.4 is 9.47 Å². The number of nitrogens with zero attached hydrogens (tertiary/aromatic N) is 2. The van der Waals surface area contributed by atoms with Crippen LogP contribution in [-0.4, -0.2) is 29.4 Å². The van der Waals surface area contributed by atoms with E-state index in [0.29, 0.717) is 0 Å². The summed E-state index contributed by atoms with van der Waals surface area (Å²) in [6.07, 6.45) is 8.78. The summed E-state index contributed by atoms with van der Waals surface area (Å²) in [5.41, 5.74) is 6.14. The van der Waals surface area contributed by atoms with Gasteiger partial charge in [-0.3, -0.25) is 10.1 Å². The van der Waals surface area contributed by atoms with E-state index in [4.69, 9.17) is 9.47 Å². The van der Waals surface area contributed by atoms with Gasteiger partial charge >= 0.3 is 0 Å². The third-order valence-electron chi connectivity index (χ3n) is 6.00. The lowest BCUT2D eigenvalue weighted by molar-refractivity contribution is 0.411.